The first-order chi connectivity index (χ1) is 8.69. The van der Waals surface area contributed by atoms with E-state index >= 15 is 0 Å². The Morgan fingerprint density at radius 2 is 2.22 bits per heavy atom. The number of carbonyl (C=O) groups is 1. The van der Waals surface area contributed by atoms with Gasteiger partial charge in [0.15, 0.2) is 0 Å². The van der Waals surface area contributed by atoms with Crippen LogP contribution in [0.4, 0.5) is 0 Å². The standard InChI is InChI=1S/C14H10ClNO2/c1-2-18-14(17)8-4-10-3-6-12-11(9-10)5-7-13(15)16-12/h3,5-7,9H,2H2,1H3. The lowest BCUT2D eigenvalue weighted by Crippen LogP contribution is -1.99. The summed E-state index contributed by atoms with van der Waals surface area (Å²) in [4.78, 5) is 15.3. The third-order valence-corrected chi connectivity index (χ3v) is 2.45. The molecule has 0 saturated heterocycles. The molecular weight excluding hydrogens is 250 g/mol. The van der Waals surface area contributed by atoms with E-state index < -0.39 is 5.97 Å². The van der Waals surface area contributed by atoms with Crippen LogP contribution in [0.1, 0.15) is 12.5 Å². The number of halogens is 1. The van der Waals surface area contributed by atoms with Crippen LogP contribution in [0.25, 0.3) is 10.9 Å². The SMILES string of the molecule is CCOC(=O)C#Cc1ccc2nc(Cl)ccc2c1. The fraction of sp³-hybridized carbons (Fsp3) is 0.143. The van der Waals surface area contributed by atoms with Crippen molar-refractivity contribution in [2.45, 2.75) is 6.92 Å². The summed E-state index contributed by atoms with van der Waals surface area (Å²) in [5.41, 5.74) is 1.53. The van der Waals surface area contributed by atoms with E-state index in [2.05, 4.69) is 16.8 Å². The van der Waals surface area contributed by atoms with E-state index in [9.17, 15) is 4.79 Å². The summed E-state index contributed by atoms with van der Waals surface area (Å²) < 4.78 is 4.72. The Hall–Kier alpha value is -2.05. The average Bonchev–Trinajstić information content (AvgIpc) is 2.36. The second-order valence-electron chi connectivity index (χ2n) is 3.51. The summed E-state index contributed by atoms with van der Waals surface area (Å²) in [5.74, 6) is 4.65. The molecule has 0 atom stereocenters. The zero-order valence-electron chi connectivity index (χ0n) is 9.74. The molecule has 1 aromatic carbocycles. The topological polar surface area (TPSA) is 39.2 Å². The largest absolute Gasteiger partial charge is 0.456 e. The summed E-state index contributed by atoms with van der Waals surface area (Å²) in [6, 6.07) is 9.03. The number of aromatic nitrogens is 1. The van der Waals surface area contributed by atoms with Crippen molar-refractivity contribution in [2.75, 3.05) is 6.61 Å². The maximum atomic E-state index is 11.1. The van der Waals surface area contributed by atoms with Gasteiger partial charge >= 0.3 is 5.97 Å². The van der Waals surface area contributed by atoms with Crippen LogP contribution in [-0.2, 0) is 9.53 Å². The van der Waals surface area contributed by atoms with Gasteiger partial charge in [0.05, 0.1) is 12.1 Å². The summed E-state index contributed by atoms with van der Waals surface area (Å²) in [6.07, 6.45) is 0. The summed E-state index contributed by atoms with van der Waals surface area (Å²) in [6.45, 7) is 2.07. The first-order valence-corrected chi connectivity index (χ1v) is 5.82. The number of pyridine rings is 1. The van der Waals surface area contributed by atoms with Gasteiger partial charge in [0.25, 0.3) is 0 Å². The van der Waals surface area contributed by atoms with Crippen LogP contribution in [-0.4, -0.2) is 17.6 Å². The Balaban J connectivity index is 2.30. The molecule has 2 aromatic rings. The van der Waals surface area contributed by atoms with Crippen LogP contribution >= 0.6 is 11.6 Å². The van der Waals surface area contributed by atoms with Crippen molar-refractivity contribution in [3.8, 4) is 11.8 Å². The van der Waals surface area contributed by atoms with Crippen LogP contribution in [0.3, 0.4) is 0 Å². The predicted octanol–water partition coefficient (Wildman–Crippen LogP) is 2.80. The molecule has 18 heavy (non-hydrogen) atoms. The highest BCUT2D eigenvalue weighted by molar-refractivity contribution is 6.29. The van der Waals surface area contributed by atoms with Gasteiger partial charge in [-0.3, -0.25) is 0 Å². The van der Waals surface area contributed by atoms with E-state index in [-0.39, 0.29) is 0 Å². The number of esters is 1. The number of hydrogen-bond donors (Lipinski definition) is 0. The van der Waals surface area contributed by atoms with Crippen molar-refractivity contribution in [1.29, 1.82) is 0 Å². The normalized spacial score (nSPS) is 9.67. The molecule has 2 rings (SSSR count). The van der Waals surface area contributed by atoms with E-state index in [1.54, 1.807) is 19.1 Å². The molecule has 0 bridgehead atoms. The Morgan fingerprint density at radius 3 is 3.00 bits per heavy atom. The van der Waals surface area contributed by atoms with Crippen molar-refractivity contribution >= 4 is 28.5 Å². The van der Waals surface area contributed by atoms with Gasteiger partial charge in [-0.2, -0.15) is 0 Å². The van der Waals surface area contributed by atoms with Gasteiger partial charge in [-0.25, -0.2) is 9.78 Å². The molecule has 0 saturated carbocycles. The highest BCUT2D eigenvalue weighted by Gasteiger charge is 1.98. The van der Waals surface area contributed by atoms with Gasteiger partial charge in [0.2, 0.25) is 0 Å². The number of rotatable bonds is 1. The molecule has 0 aliphatic carbocycles. The molecule has 4 heteroatoms. The number of hydrogen-bond acceptors (Lipinski definition) is 3. The lowest BCUT2D eigenvalue weighted by Gasteiger charge is -1.98. The van der Waals surface area contributed by atoms with Crippen LogP contribution < -0.4 is 0 Å². The van der Waals surface area contributed by atoms with Crippen molar-refractivity contribution < 1.29 is 9.53 Å². The second kappa shape index (κ2) is 5.52. The summed E-state index contributed by atoms with van der Waals surface area (Å²) >= 11 is 5.80. The van der Waals surface area contributed by atoms with E-state index in [1.165, 1.54) is 0 Å². The Bertz CT molecular complexity index is 656. The first kappa shape index (κ1) is 12.4. The highest BCUT2D eigenvalue weighted by Crippen LogP contribution is 2.16. The highest BCUT2D eigenvalue weighted by atomic mass is 35.5. The molecular formula is C14H10ClNO2. The summed E-state index contributed by atoms with van der Waals surface area (Å²) in [7, 11) is 0. The molecule has 0 aliphatic rings. The third-order valence-electron chi connectivity index (χ3n) is 2.24. The van der Waals surface area contributed by atoms with E-state index in [1.807, 2.05) is 18.2 Å². The van der Waals surface area contributed by atoms with Gasteiger partial charge in [0, 0.05) is 16.9 Å². The number of fused-ring (bicyclic) bond motifs is 1. The fourth-order valence-electron chi connectivity index (χ4n) is 1.47. The Labute approximate surface area is 110 Å². The number of carbonyl (C=O) groups excluding carboxylic acids is 1. The molecule has 0 spiro atoms. The van der Waals surface area contributed by atoms with Crippen molar-refractivity contribution in [3.63, 3.8) is 0 Å². The minimum absolute atomic E-state index is 0.327. The zero-order chi connectivity index (χ0) is 13.0. The van der Waals surface area contributed by atoms with E-state index in [4.69, 9.17) is 16.3 Å². The lowest BCUT2D eigenvalue weighted by atomic mass is 10.1. The van der Waals surface area contributed by atoms with Crippen molar-refractivity contribution in [3.05, 3.63) is 41.0 Å². The monoisotopic (exact) mass is 259 g/mol. The maximum absolute atomic E-state index is 11.1. The zero-order valence-corrected chi connectivity index (χ0v) is 10.5. The second-order valence-corrected chi connectivity index (χ2v) is 3.90. The fourth-order valence-corrected chi connectivity index (χ4v) is 1.62. The van der Waals surface area contributed by atoms with Gasteiger partial charge in [-0.15, -0.1) is 0 Å². The van der Waals surface area contributed by atoms with Crippen LogP contribution in [0.15, 0.2) is 30.3 Å². The van der Waals surface area contributed by atoms with Gasteiger partial charge < -0.3 is 4.74 Å². The molecule has 0 fully saturated rings. The molecule has 3 nitrogen and oxygen atoms in total. The van der Waals surface area contributed by atoms with Gasteiger partial charge in [0.1, 0.15) is 5.15 Å². The molecule has 0 unspecified atom stereocenters. The smallest absolute Gasteiger partial charge is 0.384 e. The lowest BCUT2D eigenvalue weighted by molar-refractivity contribution is -0.136. The van der Waals surface area contributed by atoms with Crippen molar-refractivity contribution in [2.24, 2.45) is 0 Å². The van der Waals surface area contributed by atoms with E-state index in [0.717, 1.165) is 16.5 Å². The molecule has 0 aliphatic heterocycles. The average molecular weight is 260 g/mol. The summed E-state index contributed by atoms with van der Waals surface area (Å²) in [5, 5.41) is 1.38. The minimum atomic E-state index is -0.521. The van der Waals surface area contributed by atoms with Crippen molar-refractivity contribution in [1.82, 2.24) is 4.98 Å². The van der Waals surface area contributed by atoms with Crippen LogP contribution in [0.5, 0.6) is 0 Å². The quantitative estimate of drug-likeness (QED) is 0.449. The minimum Gasteiger partial charge on any atom is -0.456 e. The molecule has 0 amide bonds. The van der Waals surface area contributed by atoms with Crippen LogP contribution in [0.2, 0.25) is 5.15 Å². The molecule has 1 aromatic heterocycles. The molecule has 0 radical (unpaired) electrons. The molecule has 1 heterocycles. The maximum Gasteiger partial charge on any atom is 0.384 e. The third kappa shape index (κ3) is 2.99. The number of nitrogens with zero attached hydrogens (tertiary/aromatic N) is 1. The number of benzene rings is 1. The van der Waals surface area contributed by atoms with Gasteiger partial charge in [-0.1, -0.05) is 17.5 Å². The molecule has 0 N–H and O–H groups in total. The first-order valence-electron chi connectivity index (χ1n) is 5.44. The van der Waals surface area contributed by atoms with Crippen LogP contribution in [0, 0.1) is 11.8 Å². The predicted molar refractivity (Wildman–Crippen MR) is 70.3 cm³/mol. The van der Waals surface area contributed by atoms with Gasteiger partial charge in [-0.05, 0) is 37.3 Å². The molecule has 90 valence electrons. The Kier molecular flexibility index (Phi) is 3.81. The van der Waals surface area contributed by atoms with E-state index in [0.29, 0.717) is 11.8 Å². The number of ether oxygens (including phenoxy) is 1. The Morgan fingerprint density at radius 1 is 1.39 bits per heavy atom.